The molecule has 0 fully saturated rings. The first-order valence-corrected chi connectivity index (χ1v) is 4.98. The monoisotopic (exact) mass is 163 g/mol. The first-order chi connectivity index (χ1) is 5.79. The third-order valence-electron chi connectivity index (χ3n) is 2.81. The van der Waals surface area contributed by atoms with Crippen molar-refractivity contribution in [3.63, 3.8) is 0 Å². The zero-order valence-corrected chi connectivity index (χ0v) is 7.98. The maximum Gasteiger partial charge on any atom is 0.0208 e. The van der Waals surface area contributed by atoms with Crippen molar-refractivity contribution in [3.8, 4) is 0 Å². The Morgan fingerprint density at radius 1 is 1.25 bits per heavy atom. The standard InChI is InChI=1S/C11H17N/c1-8(2)11-10-6-4-3-5-9(10)7-12-11/h7-8,12H,3-6H2,1-2H3. The molecule has 0 saturated carbocycles. The quantitative estimate of drug-likeness (QED) is 0.655. The highest BCUT2D eigenvalue weighted by Gasteiger charge is 2.16. The summed E-state index contributed by atoms with van der Waals surface area (Å²) in [5, 5.41) is 0. The van der Waals surface area contributed by atoms with Crippen molar-refractivity contribution in [2.45, 2.75) is 45.4 Å². The summed E-state index contributed by atoms with van der Waals surface area (Å²) >= 11 is 0. The molecule has 12 heavy (non-hydrogen) atoms. The second-order valence-electron chi connectivity index (χ2n) is 4.07. The zero-order chi connectivity index (χ0) is 8.55. The van der Waals surface area contributed by atoms with Crippen LogP contribution in [0.25, 0.3) is 0 Å². The summed E-state index contributed by atoms with van der Waals surface area (Å²) in [4.78, 5) is 3.42. The molecule has 0 radical (unpaired) electrons. The van der Waals surface area contributed by atoms with Crippen molar-refractivity contribution in [2.24, 2.45) is 0 Å². The number of fused-ring (bicyclic) bond motifs is 1. The van der Waals surface area contributed by atoms with Crippen molar-refractivity contribution in [2.75, 3.05) is 0 Å². The summed E-state index contributed by atoms with van der Waals surface area (Å²) in [6, 6.07) is 0. The Balaban J connectivity index is 2.38. The molecule has 1 aliphatic carbocycles. The van der Waals surface area contributed by atoms with Gasteiger partial charge in [-0.05, 0) is 42.7 Å². The van der Waals surface area contributed by atoms with Gasteiger partial charge in [-0.1, -0.05) is 13.8 Å². The fourth-order valence-electron chi connectivity index (χ4n) is 2.16. The molecule has 1 aromatic rings. The first kappa shape index (κ1) is 7.90. The molecule has 1 heterocycles. The molecule has 0 aromatic carbocycles. The summed E-state index contributed by atoms with van der Waals surface area (Å²) in [7, 11) is 0. The Bertz CT molecular complexity index is 271. The molecule has 2 rings (SSSR count). The van der Waals surface area contributed by atoms with E-state index >= 15 is 0 Å². The van der Waals surface area contributed by atoms with Crippen molar-refractivity contribution >= 4 is 0 Å². The second kappa shape index (κ2) is 2.96. The molecule has 1 aliphatic rings. The number of aromatic amines is 1. The van der Waals surface area contributed by atoms with E-state index in [0.29, 0.717) is 5.92 Å². The number of aromatic nitrogens is 1. The second-order valence-corrected chi connectivity index (χ2v) is 4.07. The molecule has 0 bridgehead atoms. The molecule has 1 heteroatoms. The lowest BCUT2D eigenvalue weighted by Gasteiger charge is -2.14. The summed E-state index contributed by atoms with van der Waals surface area (Å²) in [6.07, 6.45) is 7.56. The van der Waals surface area contributed by atoms with Crippen molar-refractivity contribution in [1.82, 2.24) is 4.98 Å². The molecule has 0 atom stereocenters. The summed E-state index contributed by atoms with van der Waals surface area (Å²) < 4.78 is 0. The van der Waals surface area contributed by atoms with Crippen LogP contribution in [0.4, 0.5) is 0 Å². The maximum atomic E-state index is 3.42. The van der Waals surface area contributed by atoms with E-state index in [1.807, 2.05) is 0 Å². The summed E-state index contributed by atoms with van der Waals surface area (Å²) in [5.74, 6) is 0.659. The van der Waals surface area contributed by atoms with E-state index in [1.165, 1.54) is 31.4 Å². The van der Waals surface area contributed by atoms with Crippen molar-refractivity contribution < 1.29 is 0 Å². The van der Waals surface area contributed by atoms with Gasteiger partial charge >= 0.3 is 0 Å². The number of hydrogen-bond acceptors (Lipinski definition) is 0. The van der Waals surface area contributed by atoms with Crippen molar-refractivity contribution in [3.05, 3.63) is 23.0 Å². The molecule has 1 nitrogen and oxygen atoms in total. The molecular formula is C11H17N. The van der Waals surface area contributed by atoms with Gasteiger partial charge < -0.3 is 4.98 Å². The average molecular weight is 163 g/mol. The van der Waals surface area contributed by atoms with E-state index < -0.39 is 0 Å². The minimum atomic E-state index is 0.659. The largest absolute Gasteiger partial charge is 0.364 e. The third-order valence-corrected chi connectivity index (χ3v) is 2.81. The molecule has 1 aromatic heterocycles. The van der Waals surface area contributed by atoms with E-state index in [0.717, 1.165) is 0 Å². The Kier molecular flexibility index (Phi) is 1.95. The van der Waals surface area contributed by atoms with Gasteiger partial charge in [-0.25, -0.2) is 0 Å². The molecule has 0 spiro atoms. The normalized spacial score (nSPS) is 16.6. The van der Waals surface area contributed by atoms with Crippen LogP contribution in [0, 0.1) is 0 Å². The summed E-state index contributed by atoms with van der Waals surface area (Å²) in [5.41, 5.74) is 4.67. The number of hydrogen-bond donors (Lipinski definition) is 1. The highest BCUT2D eigenvalue weighted by Crippen LogP contribution is 2.28. The average Bonchev–Trinajstić information content (AvgIpc) is 2.47. The Morgan fingerprint density at radius 2 is 2.00 bits per heavy atom. The van der Waals surface area contributed by atoms with Gasteiger partial charge in [0.2, 0.25) is 0 Å². The van der Waals surface area contributed by atoms with Gasteiger partial charge in [0.1, 0.15) is 0 Å². The zero-order valence-electron chi connectivity index (χ0n) is 7.98. The topological polar surface area (TPSA) is 15.8 Å². The van der Waals surface area contributed by atoms with Crippen LogP contribution in [0.15, 0.2) is 6.20 Å². The SMILES string of the molecule is CC(C)c1[nH]cc2c1CCCC2. The molecule has 0 aliphatic heterocycles. The van der Waals surface area contributed by atoms with Gasteiger partial charge in [0.25, 0.3) is 0 Å². The molecular weight excluding hydrogens is 146 g/mol. The van der Waals surface area contributed by atoms with Crippen LogP contribution in [0.5, 0.6) is 0 Å². The minimum Gasteiger partial charge on any atom is -0.364 e. The highest BCUT2D eigenvalue weighted by atomic mass is 14.7. The summed E-state index contributed by atoms with van der Waals surface area (Å²) in [6.45, 7) is 4.53. The van der Waals surface area contributed by atoms with Gasteiger partial charge in [-0.15, -0.1) is 0 Å². The Morgan fingerprint density at radius 3 is 2.75 bits per heavy atom. The molecule has 66 valence electrons. The van der Waals surface area contributed by atoms with Crippen LogP contribution in [0.1, 0.15) is 49.4 Å². The van der Waals surface area contributed by atoms with Gasteiger partial charge in [0.15, 0.2) is 0 Å². The maximum absolute atomic E-state index is 3.42. The van der Waals surface area contributed by atoms with Gasteiger partial charge in [0.05, 0.1) is 0 Å². The fraction of sp³-hybridized carbons (Fsp3) is 0.636. The predicted molar refractivity (Wildman–Crippen MR) is 51.5 cm³/mol. The Labute approximate surface area is 74.2 Å². The van der Waals surface area contributed by atoms with E-state index in [4.69, 9.17) is 0 Å². The van der Waals surface area contributed by atoms with Crippen LogP contribution in [0.3, 0.4) is 0 Å². The lowest BCUT2D eigenvalue weighted by atomic mass is 9.91. The van der Waals surface area contributed by atoms with Crippen molar-refractivity contribution in [1.29, 1.82) is 0 Å². The lowest BCUT2D eigenvalue weighted by Crippen LogP contribution is -2.02. The number of aryl methyl sites for hydroxylation is 1. The molecule has 1 N–H and O–H groups in total. The van der Waals surface area contributed by atoms with Gasteiger partial charge in [0, 0.05) is 11.9 Å². The Hall–Kier alpha value is -0.720. The molecule has 0 saturated heterocycles. The van der Waals surface area contributed by atoms with Crippen LogP contribution in [-0.4, -0.2) is 4.98 Å². The van der Waals surface area contributed by atoms with E-state index in [2.05, 4.69) is 25.0 Å². The molecule has 0 amide bonds. The molecule has 0 unspecified atom stereocenters. The van der Waals surface area contributed by atoms with Gasteiger partial charge in [-0.2, -0.15) is 0 Å². The minimum absolute atomic E-state index is 0.659. The predicted octanol–water partition coefficient (Wildman–Crippen LogP) is 3.02. The van der Waals surface area contributed by atoms with E-state index in [1.54, 1.807) is 11.1 Å². The van der Waals surface area contributed by atoms with Crippen LogP contribution in [-0.2, 0) is 12.8 Å². The van der Waals surface area contributed by atoms with E-state index in [9.17, 15) is 0 Å². The fourth-order valence-corrected chi connectivity index (χ4v) is 2.16. The van der Waals surface area contributed by atoms with Crippen LogP contribution >= 0.6 is 0 Å². The van der Waals surface area contributed by atoms with Crippen LogP contribution < -0.4 is 0 Å². The highest BCUT2D eigenvalue weighted by molar-refractivity contribution is 5.34. The first-order valence-electron chi connectivity index (χ1n) is 4.98. The lowest BCUT2D eigenvalue weighted by molar-refractivity contribution is 0.677. The van der Waals surface area contributed by atoms with Gasteiger partial charge in [-0.3, -0.25) is 0 Å². The number of rotatable bonds is 1. The van der Waals surface area contributed by atoms with Crippen LogP contribution in [0.2, 0.25) is 0 Å². The smallest absolute Gasteiger partial charge is 0.0208 e. The van der Waals surface area contributed by atoms with E-state index in [-0.39, 0.29) is 0 Å². The number of nitrogens with one attached hydrogen (secondary N) is 1. The third kappa shape index (κ3) is 1.17. The number of H-pyrrole nitrogens is 1.